The SMILES string of the molecule is Cc1cnc(N2CCN(Cc3ccc4c(c3)OCO4)CC2)nc1Nc1ccc2c(c1)OCO2. The summed E-state index contributed by atoms with van der Waals surface area (Å²) in [5.74, 6) is 4.70. The van der Waals surface area contributed by atoms with E-state index in [0.29, 0.717) is 6.79 Å². The highest BCUT2D eigenvalue weighted by Crippen LogP contribution is 2.35. The van der Waals surface area contributed by atoms with Crippen LogP contribution in [0.15, 0.2) is 42.6 Å². The van der Waals surface area contributed by atoms with Crippen LogP contribution in [-0.2, 0) is 6.54 Å². The number of aryl methyl sites for hydroxylation is 1. The van der Waals surface area contributed by atoms with Crippen LogP contribution >= 0.6 is 0 Å². The van der Waals surface area contributed by atoms with Crippen molar-refractivity contribution < 1.29 is 18.9 Å². The van der Waals surface area contributed by atoms with E-state index in [1.807, 2.05) is 37.4 Å². The normalized spacial score (nSPS) is 16.8. The lowest BCUT2D eigenvalue weighted by Gasteiger charge is -2.35. The second kappa shape index (κ2) is 8.32. The van der Waals surface area contributed by atoms with Crippen LogP contribution in [0.2, 0.25) is 0 Å². The predicted molar refractivity (Wildman–Crippen MR) is 123 cm³/mol. The number of aromatic nitrogens is 2. The Morgan fingerprint density at radius 3 is 2.33 bits per heavy atom. The molecule has 0 radical (unpaired) electrons. The van der Waals surface area contributed by atoms with Crippen LogP contribution in [0.4, 0.5) is 17.5 Å². The van der Waals surface area contributed by atoms with Crippen LogP contribution in [0.1, 0.15) is 11.1 Å². The minimum Gasteiger partial charge on any atom is -0.454 e. The lowest BCUT2D eigenvalue weighted by molar-refractivity contribution is 0.173. The Hall–Kier alpha value is -3.72. The Morgan fingerprint density at radius 1 is 0.848 bits per heavy atom. The summed E-state index contributed by atoms with van der Waals surface area (Å²) < 4.78 is 21.8. The van der Waals surface area contributed by atoms with Crippen LogP contribution in [0.5, 0.6) is 23.0 Å². The summed E-state index contributed by atoms with van der Waals surface area (Å²) in [5, 5.41) is 3.40. The van der Waals surface area contributed by atoms with Crippen molar-refractivity contribution >= 4 is 17.5 Å². The molecule has 0 unspecified atom stereocenters. The van der Waals surface area contributed by atoms with Gasteiger partial charge in [0.1, 0.15) is 5.82 Å². The average molecular weight is 447 g/mol. The molecule has 0 saturated carbocycles. The fourth-order valence-corrected chi connectivity index (χ4v) is 4.23. The Labute approximate surface area is 191 Å². The van der Waals surface area contributed by atoms with Gasteiger partial charge in [-0.15, -0.1) is 0 Å². The summed E-state index contributed by atoms with van der Waals surface area (Å²) in [6, 6.07) is 12.0. The third kappa shape index (κ3) is 4.07. The van der Waals surface area contributed by atoms with Gasteiger partial charge in [0.25, 0.3) is 0 Å². The lowest BCUT2D eigenvalue weighted by Crippen LogP contribution is -2.46. The zero-order chi connectivity index (χ0) is 22.2. The molecule has 0 spiro atoms. The Balaban J connectivity index is 1.10. The third-order valence-corrected chi connectivity index (χ3v) is 6.09. The molecule has 0 aliphatic carbocycles. The van der Waals surface area contributed by atoms with Crippen molar-refractivity contribution in [1.82, 2.24) is 14.9 Å². The quantitative estimate of drug-likeness (QED) is 0.633. The molecule has 1 N–H and O–H groups in total. The van der Waals surface area contributed by atoms with Gasteiger partial charge in [-0.05, 0) is 36.8 Å². The topological polar surface area (TPSA) is 81.2 Å². The third-order valence-electron chi connectivity index (χ3n) is 6.09. The molecule has 0 amide bonds. The van der Waals surface area contributed by atoms with Gasteiger partial charge in [-0.25, -0.2) is 4.98 Å². The van der Waals surface area contributed by atoms with Gasteiger partial charge < -0.3 is 29.2 Å². The molecule has 170 valence electrons. The monoisotopic (exact) mass is 447 g/mol. The van der Waals surface area contributed by atoms with E-state index in [1.165, 1.54) is 5.56 Å². The van der Waals surface area contributed by atoms with Gasteiger partial charge in [0.15, 0.2) is 23.0 Å². The second-order valence-corrected chi connectivity index (χ2v) is 8.35. The highest BCUT2D eigenvalue weighted by Gasteiger charge is 2.21. The molecule has 3 aliphatic rings. The largest absolute Gasteiger partial charge is 0.454 e. The van der Waals surface area contributed by atoms with Gasteiger partial charge in [0.2, 0.25) is 19.5 Å². The number of hydrogen-bond acceptors (Lipinski definition) is 9. The van der Waals surface area contributed by atoms with Crippen LogP contribution < -0.4 is 29.2 Å². The highest BCUT2D eigenvalue weighted by atomic mass is 16.7. The fraction of sp³-hybridized carbons (Fsp3) is 0.333. The van der Waals surface area contributed by atoms with Crippen LogP contribution in [0.25, 0.3) is 0 Å². The first kappa shape index (κ1) is 19.9. The Morgan fingerprint density at radius 2 is 1.55 bits per heavy atom. The van der Waals surface area contributed by atoms with Crippen molar-refractivity contribution in [2.75, 3.05) is 50.0 Å². The molecule has 1 saturated heterocycles. The van der Waals surface area contributed by atoms with Gasteiger partial charge in [-0.3, -0.25) is 4.90 Å². The maximum absolute atomic E-state index is 5.50. The van der Waals surface area contributed by atoms with Gasteiger partial charge in [-0.2, -0.15) is 4.98 Å². The minimum atomic E-state index is 0.260. The fourth-order valence-electron chi connectivity index (χ4n) is 4.23. The predicted octanol–water partition coefficient (Wildman–Crippen LogP) is 3.31. The first-order valence-electron chi connectivity index (χ1n) is 11.1. The molecule has 33 heavy (non-hydrogen) atoms. The summed E-state index contributed by atoms with van der Waals surface area (Å²) in [6.45, 7) is 7.08. The number of rotatable bonds is 5. The van der Waals surface area contributed by atoms with Crippen molar-refractivity contribution in [1.29, 1.82) is 0 Å². The molecule has 1 aromatic heterocycles. The number of hydrogen-bond donors (Lipinski definition) is 1. The average Bonchev–Trinajstić information content (AvgIpc) is 3.50. The Kier molecular flexibility index (Phi) is 5.03. The van der Waals surface area contributed by atoms with Crippen molar-refractivity contribution in [3.8, 4) is 23.0 Å². The zero-order valence-corrected chi connectivity index (χ0v) is 18.4. The molecular formula is C24H25N5O4. The smallest absolute Gasteiger partial charge is 0.231 e. The van der Waals surface area contributed by atoms with Gasteiger partial charge in [-0.1, -0.05) is 6.07 Å². The van der Waals surface area contributed by atoms with Crippen molar-refractivity contribution in [3.05, 3.63) is 53.7 Å². The molecule has 0 bridgehead atoms. The zero-order valence-electron chi connectivity index (χ0n) is 18.4. The molecule has 6 rings (SSSR count). The van der Waals surface area contributed by atoms with E-state index >= 15 is 0 Å². The summed E-state index contributed by atoms with van der Waals surface area (Å²) in [7, 11) is 0. The molecule has 0 atom stereocenters. The van der Waals surface area contributed by atoms with Crippen molar-refractivity contribution in [3.63, 3.8) is 0 Å². The molecule has 4 heterocycles. The van der Waals surface area contributed by atoms with Gasteiger partial charge in [0, 0.05) is 56.2 Å². The number of nitrogens with zero attached hydrogens (tertiary/aromatic N) is 4. The first-order chi connectivity index (χ1) is 16.2. The van der Waals surface area contributed by atoms with E-state index in [-0.39, 0.29) is 6.79 Å². The maximum Gasteiger partial charge on any atom is 0.231 e. The molecule has 3 aliphatic heterocycles. The summed E-state index contributed by atoms with van der Waals surface area (Å²) >= 11 is 0. The van der Waals surface area contributed by atoms with Gasteiger partial charge >= 0.3 is 0 Å². The molecule has 9 heteroatoms. The lowest BCUT2D eigenvalue weighted by atomic mass is 10.1. The maximum atomic E-state index is 5.50. The molecule has 1 fully saturated rings. The van der Waals surface area contributed by atoms with E-state index in [2.05, 4.69) is 32.2 Å². The van der Waals surface area contributed by atoms with E-state index in [0.717, 1.165) is 78.7 Å². The van der Waals surface area contributed by atoms with Crippen LogP contribution in [0, 0.1) is 6.92 Å². The number of ether oxygens (including phenoxy) is 4. The standard InChI is InChI=1S/C24H25N5O4/c1-16-12-25-24(27-23(16)26-18-3-5-20-22(11-18)33-15-31-20)29-8-6-28(7-9-29)13-17-2-4-19-21(10-17)32-14-30-19/h2-5,10-12H,6-9,13-15H2,1H3,(H,25,26,27). The number of anilines is 3. The van der Waals surface area contributed by atoms with E-state index in [1.54, 1.807) is 0 Å². The van der Waals surface area contributed by atoms with E-state index in [4.69, 9.17) is 23.9 Å². The summed E-state index contributed by atoms with van der Waals surface area (Å²) in [6.07, 6.45) is 1.87. The second-order valence-electron chi connectivity index (χ2n) is 8.35. The molecule has 2 aromatic carbocycles. The van der Waals surface area contributed by atoms with E-state index in [9.17, 15) is 0 Å². The number of nitrogens with one attached hydrogen (secondary N) is 1. The van der Waals surface area contributed by atoms with Crippen molar-refractivity contribution in [2.24, 2.45) is 0 Å². The summed E-state index contributed by atoms with van der Waals surface area (Å²) in [5.41, 5.74) is 3.12. The van der Waals surface area contributed by atoms with Crippen LogP contribution in [0.3, 0.4) is 0 Å². The minimum absolute atomic E-state index is 0.260. The van der Waals surface area contributed by atoms with Crippen molar-refractivity contribution in [2.45, 2.75) is 13.5 Å². The highest BCUT2D eigenvalue weighted by molar-refractivity contribution is 5.64. The number of piperazine rings is 1. The number of benzene rings is 2. The molecule has 3 aromatic rings. The summed E-state index contributed by atoms with van der Waals surface area (Å²) in [4.78, 5) is 14.1. The van der Waals surface area contributed by atoms with Gasteiger partial charge in [0.05, 0.1) is 0 Å². The van der Waals surface area contributed by atoms with E-state index < -0.39 is 0 Å². The van der Waals surface area contributed by atoms with Crippen LogP contribution in [-0.4, -0.2) is 54.6 Å². The molecular weight excluding hydrogens is 422 g/mol. The molecule has 9 nitrogen and oxygen atoms in total. The first-order valence-corrected chi connectivity index (χ1v) is 11.1. The number of fused-ring (bicyclic) bond motifs is 2. The Bertz CT molecular complexity index is 1180.